The van der Waals surface area contributed by atoms with Crippen molar-refractivity contribution in [2.45, 2.75) is 44.7 Å². The van der Waals surface area contributed by atoms with Gasteiger partial charge in [0.15, 0.2) is 0 Å². The van der Waals surface area contributed by atoms with Gasteiger partial charge >= 0.3 is 6.03 Å². The molecule has 2 heterocycles. The van der Waals surface area contributed by atoms with Gasteiger partial charge < -0.3 is 16.0 Å². The average Bonchev–Trinajstić information content (AvgIpc) is 3.11. The van der Waals surface area contributed by atoms with E-state index in [1.807, 2.05) is 38.1 Å². The van der Waals surface area contributed by atoms with E-state index in [9.17, 15) is 14.4 Å². The second-order valence-electron chi connectivity index (χ2n) is 8.58. The van der Waals surface area contributed by atoms with Crippen LogP contribution in [0.4, 0.5) is 4.79 Å². The molecule has 2 saturated heterocycles. The normalized spacial score (nSPS) is 28.2. The number of likely N-dealkylation sites (tertiary alicyclic amines) is 1. The van der Waals surface area contributed by atoms with Gasteiger partial charge in [-0.1, -0.05) is 38.1 Å². The number of nitrogens with zero attached hydrogens (tertiary/aromatic N) is 2. The van der Waals surface area contributed by atoms with Crippen LogP contribution in [0.5, 0.6) is 0 Å². The SMILES string of the molecule is CC1(C)CN(C(=O)CN2C(=O)NC3(CCc4ccccc43)C2=O)CCC1N.Cl. The Morgan fingerprint density at radius 3 is 2.71 bits per heavy atom. The first-order chi connectivity index (χ1) is 12.7. The Morgan fingerprint density at radius 1 is 1.29 bits per heavy atom. The number of imide groups is 1. The van der Waals surface area contributed by atoms with Crippen molar-refractivity contribution >= 4 is 30.3 Å². The molecule has 8 heteroatoms. The molecular weight excluding hydrogens is 380 g/mol. The number of carbonyl (C=O) groups excluding carboxylic acids is 3. The van der Waals surface area contributed by atoms with E-state index < -0.39 is 11.6 Å². The number of hydrogen-bond acceptors (Lipinski definition) is 4. The van der Waals surface area contributed by atoms with Crippen LogP contribution in [0.2, 0.25) is 0 Å². The van der Waals surface area contributed by atoms with E-state index in [4.69, 9.17) is 5.73 Å². The van der Waals surface area contributed by atoms with Crippen LogP contribution in [0.15, 0.2) is 24.3 Å². The van der Waals surface area contributed by atoms with Crippen LogP contribution >= 0.6 is 12.4 Å². The van der Waals surface area contributed by atoms with Crippen molar-refractivity contribution in [2.75, 3.05) is 19.6 Å². The smallest absolute Gasteiger partial charge is 0.325 e. The van der Waals surface area contributed by atoms with Crippen LogP contribution in [0, 0.1) is 5.41 Å². The van der Waals surface area contributed by atoms with Gasteiger partial charge in [0.1, 0.15) is 12.1 Å². The molecule has 0 radical (unpaired) electrons. The lowest BCUT2D eigenvalue weighted by Crippen LogP contribution is -2.56. The van der Waals surface area contributed by atoms with E-state index in [0.717, 1.165) is 28.9 Å². The van der Waals surface area contributed by atoms with E-state index in [0.29, 0.717) is 19.5 Å². The molecule has 0 saturated carbocycles. The molecule has 2 unspecified atom stereocenters. The summed E-state index contributed by atoms with van der Waals surface area (Å²) in [5.41, 5.74) is 6.87. The van der Waals surface area contributed by atoms with Crippen molar-refractivity contribution in [3.05, 3.63) is 35.4 Å². The molecule has 7 nitrogen and oxygen atoms in total. The summed E-state index contributed by atoms with van der Waals surface area (Å²) in [4.78, 5) is 41.3. The third-order valence-corrected chi connectivity index (χ3v) is 6.38. The predicted octanol–water partition coefficient (Wildman–Crippen LogP) is 1.39. The minimum Gasteiger partial charge on any atom is -0.340 e. The highest BCUT2D eigenvalue weighted by Crippen LogP contribution is 2.41. The molecule has 3 aliphatic rings. The topological polar surface area (TPSA) is 95.7 Å². The van der Waals surface area contributed by atoms with Gasteiger partial charge in [-0.2, -0.15) is 0 Å². The fourth-order valence-electron chi connectivity index (χ4n) is 4.56. The summed E-state index contributed by atoms with van der Waals surface area (Å²) < 4.78 is 0. The number of urea groups is 1. The molecule has 3 N–H and O–H groups in total. The lowest BCUT2D eigenvalue weighted by atomic mass is 9.79. The van der Waals surface area contributed by atoms with Gasteiger partial charge in [0.2, 0.25) is 5.91 Å². The Kier molecular flexibility index (Phi) is 5.18. The largest absolute Gasteiger partial charge is 0.340 e. The maximum atomic E-state index is 13.2. The quantitative estimate of drug-likeness (QED) is 0.725. The fourth-order valence-corrected chi connectivity index (χ4v) is 4.56. The molecule has 0 aromatic heterocycles. The summed E-state index contributed by atoms with van der Waals surface area (Å²) in [6, 6.07) is 7.23. The van der Waals surface area contributed by atoms with Crippen LogP contribution in [0.3, 0.4) is 0 Å². The molecule has 152 valence electrons. The summed E-state index contributed by atoms with van der Waals surface area (Å²) in [5.74, 6) is -0.527. The second kappa shape index (κ2) is 7.04. The molecule has 1 aliphatic carbocycles. The minimum atomic E-state index is -1.02. The predicted molar refractivity (Wildman–Crippen MR) is 107 cm³/mol. The minimum absolute atomic E-state index is 0. The zero-order valence-electron chi connectivity index (χ0n) is 16.2. The van der Waals surface area contributed by atoms with Gasteiger partial charge in [0.05, 0.1) is 0 Å². The van der Waals surface area contributed by atoms with Crippen molar-refractivity contribution in [2.24, 2.45) is 11.1 Å². The molecule has 2 atom stereocenters. The first kappa shape index (κ1) is 20.6. The lowest BCUT2D eigenvalue weighted by molar-refractivity contribution is -0.141. The van der Waals surface area contributed by atoms with E-state index in [2.05, 4.69) is 5.32 Å². The van der Waals surface area contributed by atoms with Crippen molar-refractivity contribution in [1.29, 1.82) is 0 Å². The number of nitrogens with two attached hydrogens (primary N) is 1. The molecule has 4 rings (SSSR count). The first-order valence-electron chi connectivity index (χ1n) is 9.50. The second-order valence-corrected chi connectivity index (χ2v) is 8.58. The molecule has 1 spiro atoms. The zero-order valence-corrected chi connectivity index (χ0v) is 17.1. The highest BCUT2D eigenvalue weighted by Gasteiger charge is 2.55. The van der Waals surface area contributed by atoms with Gasteiger partial charge in [-0.15, -0.1) is 12.4 Å². The molecule has 0 bridgehead atoms. The summed E-state index contributed by atoms with van der Waals surface area (Å²) in [5, 5.41) is 2.86. The number of halogens is 1. The summed E-state index contributed by atoms with van der Waals surface area (Å²) >= 11 is 0. The van der Waals surface area contributed by atoms with Gasteiger partial charge in [0, 0.05) is 19.1 Å². The maximum absolute atomic E-state index is 13.2. The number of hydrogen-bond donors (Lipinski definition) is 2. The monoisotopic (exact) mass is 406 g/mol. The van der Waals surface area contributed by atoms with Gasteiger partial charge in [-0.05, 0) is 35.8 Å². The highest BCUT2D eigenvalue weighted by atomic mass is 35.5. The first-order valence-corrected chi connectivity index (χ1v) is 9.50. The van der Waals surface area contributed by atoms with Crippen LogP contribution in [0.25, 0.3) is 0 Å². The average molecular weight is 407 g/mol. The number of aryl methyl sites for hydroxylation is 1. The van der Waals surface area contributed by atoms with Crippen LogP contribution in [0.1, 0.15) is 37.8 Å². The van der Waals surface area contributed by atoms with E-state index in [1.54, 1.807) is 4.90 Å². The Hall–Kier alpha value is -2.12. The summed E-state index contributed by atoms with van der Waals surface area (Å²) in [6.07, 6.45) is 1.99. The van der Waals surface area contributed by atoms with Gasteiger partial charge in [-0.3, -0.25) is 14.5 Å². The van der Waals surface area contributed by atoms with Gasteiger partial charge in [-0.25, -0.2) is 4.79 Å². The van der Waals surface area contributed by atoms with Crippen LogP contribution < -0.4 is 11.1 Å². The van der Waals surface area contributed by atoms with Crippen molar-refractivity contribution < 1.29 is 14.4 Å². The molecule has 2 aliphatic heterocycles. The lowest BCUT2D eigenvalue weighted by Gasteiger charge is -2.42. The fraction of sp³-hybridized carbons (Fsp3) is 0.550. The Labute approximate surface area is 171 Å². The number of nitrogens with one attached hydrogen (secondary N) is 1. The number of carbonyl (C=O) groups is 3. The van der Waals surface area contributed by atoms with Crippen LogP contribution in [-0.4, -0.2) is 53.3 Å². The van der Waals surface area contributed by atoms with Crippen LogP contribution in [-0.2, 0) is 21.5 Å². The van der Waals surface area contributed by atoms with Crippen molar-refractivity contribution in [1.82, 2.24) is 15.1 Å². The molecule has 28 heavy (non-hydrogen) atoms. The zero-order chi connectivity index (χ0) is 19.4. The molecule has 4 amide bonds. The number of benzene rings is 1. The maximum Gasteiger partial charge on any atom is 0.325 e. The van der Waals surface area contributed by atoms with Crippen molar-refractivity contribution in [3.63, 3.8) is 0 Å². The summed E-state index contributed by atoms with van der Waals surface area (Å²) in [6.45, 7) is 4.94. The van der Waals surface area contributed by atoms with Gasteiger partial charge in [0.25, 0.3) is 5.91 Å². The number of fused-ring (bicyclic) bond motifs is 2. The highest BCUT2D eigenvalue weighted by molar-refractivity contribution is 6.09. The Morgan fingerprint density at radius 2 is 2.00 bits per heavy atom. The Bertz CT molecular complexity index is 827. The number of amides is 4. The van der Waals surface area contributed by atoms with E-state index in [-0.39, 0.29) is 42.2 Å². The molecule has 2 fully saturated rings. The summed E-state index contributed by atoms with van der Waals surface area (Å²) in [7, 11) is 0. The van der Waals surface area contributed by atoms with Crippen molar-refractivity contribution in [3.8, 4) is 0 Å². The Balaban J connectivity index is 0.00000225. The molecule has 1 aromatic rings. The van der Waals surface area contributed by atoms with E-state index >= 15 is 0 Å². The third kappa shape index (κ3) is 3.06. The molecule has 1 aromatic carbocycles. The van der Waals surface area contributed by atoms with E-state index in [1.165, 1.54) is 0 Å². The number of piperidine rings is 1. The molecular formula is C20H27ClN4O3. The number of rotatable bonds is 2. The standard InChI is InChI=1S/C20H26N4O3.ClH/c1-19(2)12-23(10-8-15(19)21)16(25)11-24-17(26)20(22-18(24)27)9-7-13-5-3-4-6-14(13)20;/h3-6,15H,7-12,21H2,1-2H3,(H,22,27);1H. The third-order valence-electron chi connectivity index (χ3n) is 6.38.